The Bertz CT molecular complexity index is 823. The molecule has 0 unspecified atom stereocenters. The average molecular weight is 323 g/mol. The summed E-state index contributed by atoms with van der Waals surface area (Å²) in [6, 6.07) is 9.81. The summed E-state index contributed by atoms with van der Waals surface area (Å²) in [5.41, 5.74) is 4.86. The molecule has 2 heterocycles. The van der Waals surface area contributed by atoms with Gasteiger partial charge in [-0.1, -0.05) is 25.1 Å². The fourth-order valence-corrected chi connectivity index (χ4v) is 2.61. The van der Waals surface area contributed by atoms with Gasteiger partial charge in [-0.3, -0.25) is 4.98 Å². The molecule has 3 rings (SSSR count). The third kappa shape index (κ3) is 3.51. The van der Waals surface area contributed by atoms with Crippen LogP contribution in [-0.4, -0.2) is 20.2 Å². The fraction of sp³-hybridized carbons (Fsp3) is 0.316. The Labute approximate surface area is 141 Å². The van der Waals surface area contributed by atoms with Crippen molar-refractivity contribution in [2.24, 2.45) is 5.92 Å². The van der Waals surface area contributed by atoms with Gasteiger partial charge < -0.3 is 9.63 Å². The van der Waals surface area contributed by atoms with Gasteiger partial charge in [-0.05, 0) is 54.7 Å². The highest BCUT2D eigenvalue weighted by atomic mass is 16.5. The van der Waals surface area contributed by atoms with Crippen molar-refractivity contribution in [3.63, 3.8) is 0 Å². The molecule has 0 aliphatic carbocycles. The van der Waals surface area contributed by atoms with Crippen molar-refractivity contribution in [3.8, 4) is 22.8 Å². The number of aryl methyl sites for hydroxylation is 1. The molecule has 2 aromatic heterocycles. The van der Waals surface area contributed by atoms with Gasteiger partial charge in [0.15, 0.2) is 0 Å². The van der Waals surface area contributed by atoms with Crippen LogP contribution in [-0.2, 0) is 13.0 Å². The number of hydrogen-bond donors (Lipinski definition) is 1. The minimum atomic E-state index is -0.0836. The van der Waals surface area contributed by atoms with Crippen LogP contribution in [0, 0.1) is 12.8 Å². The number of rotatable bonds is 5. The van der Waals surface area contributed by atoms with Crippen molar-refractivity contribution < 1.29 is 9.63 Å². The van der Waals surface area contributed by atoms with E-state index in [-0.39, 0.29) is 6.61 Å². The number of hydrogen-bond acceptors (Lipinski definition) is 5. The second-order valence-corrected chi connectivity index (χ2v) is 6.36. The lowest BCUT2D eigenvalue weighted by molar-refractivity contribution is 0.277. The molecule has 0 amide bonds. The second kappa shape index (κ2) is 6.93. The topological polar surface area (TPSA) is 72.0 Å². The molecule has 0 radical (unpaired) electrons. The molecular weight excluding hydrogens is 302 g/mol. The minimum absolute atomic E-state index is 0.0836. The monoisotopic (exact) mass is 323 g/mol. The van der Waals surface area contributed by atoms with E-state index in [1.165, 1.54) is 11.1 Å². The normalized spacial score (nSPS) is 11.2. The molecule has 5 heteroatoms. The number of aromatic nitrogens is 3. The molecule has 0 fully saturated rings. The Morgan fingerprint density at radius 1 is 1.12 bits per heavy atom. The van der Waals surface area contributed by atoms with Gasteiger partial charge in [-0.15, -0.1) is 0 Å². The van der Waals surface area contributed by atoms with Crippen LogP contribution in [0.15, 0.2) is 41.1 Å². The molecule has 3 aromatic rings. The molecule has 0 aliphatic heterocycles. The van der Waals surface area contributed by atoms with Crippen molar-refractivity contribution in [2.75, 3.05) is 0 Å². The van der Waals surface area contributed by atoms with Crippen LogP contribution < -0.4 is 0 Å². The lowest BCUT2D eigenvalue weighted by atomic mass is 9.97. The molecular formula is C19H21N3O2. The molecule has 1 N–H and O–H groups in total. The predicted octanol–water partition coefficient (Wildman–Crippen LogP) is 3.80. The molecule has 0 atom stereocenters. The average Bonchev–Trinajstić information content (AvgIpc) is 3.06. The van der Waals surface area contributed by atoms with Crippen LogP contribution in [0.3, 0.4) is 0 Å². The van der Waals surface area contributed by atoms with Gasteiger partial charge in [0.1, 0.15) is 0 Å². The molecule has 0 saturated heterocycles. The molecule has 0 spiro atoms. The minimum Gasteiger partial charge on any atom is -0.390 e. The van der Waals surface area contributed by atoms with E-state index < -0.39 is 0 Å². The Morgan fingerprint density at radius 2 is 1.92 bits per heavy atom. The van der Waals surface area contributed by atoms with Gasteiger partial charge in [0, 0.05) is 17.3 Å². The summed E-state index contributed by atoms with van der Waals surface area (Å²) < 4.78 is 5.40. The Balaban J connectivity index is 1.85. The largest absolute Gasteiger partial charge is 0.390 e. The van der Waals surface area contributed by atoms with E-state index in [0.29, 0.717) is 23.3 Å². The molecule has 0 saturated carbocycles. The molecule has 5 nitrogen and oxygen atoms in total. The van der Waals surface area contributed by atoms with E-state index in [0.717, 1.165) is 17.5 Å². The van der Waals surface area contributed by atoms with Crippen molar-refractivity contribution in [1.82, 2.24) is 15.1 Å². The van der Waals surface area contributed by atoms with Crippen molar-refractivity contribution in [2.45, 2.75) is 33.8 Å². The Morgan fingerprint density at radius 3 is 2.54 bits per heavy atom. The summed E-state index contributed by atoms with van der Waals surface area (Å²) in [6.45, 7) is 6.46. The van der Waals surface area contributed by atoms with Crippen LogP contribution >= 0.6 is 0 Å². The summed E-state index contributed by atoms with van der Waals surface area (Å²) in [5, 5.41) is 13.1. The van der Waals surface area contributed by atoms with Gasteiger partial charge >= 0.3 is 0 Å². The maximum absolute atomic E-state index is 9.04. The summed E-state index contributed by atoms with van der Waals surface area (Å²) in [4.78, 5) is 8.59. The smallest absolute Gasteiger partial charge is 0.258 e. The highest BCUT2D eigenvalue weighted by Gasteiger charge is 2.12. The van der Waals surface area contributed by atoms with Crippen LogP contribution in [0.25, 0.3) is 22.8 Å². The van der Waals surface area contributed by atoms with Crippen LogP contribution in [0.1, 0.15) is 30.7 Å². The van der Waals surface area contributed by atoms with E-state index in [1.807, 2.05) is 12.1 Å². The van der Waals surface area contributed by atoms with Crippen LogP contribution in [0.4, 0.5) is 0 Å². The van der Waals surface area contributed by atoms with Crippen molar-refractivity contribution in [1.29, 1.82) is 0 Å². The van der Waals surface area contributed by atoms with E-state index in [1.54, 1.807) is 12.3 Å². The molecule has 0 bridgehead atoms. The van der Waals surface area contributed by atoms with Crippen molar-refractivity contribution in [3.05, 3.63) is 53.3 Å². The highest BCUT2D eigenvalue weighted by Crippen LogP contribution is 2.25. The standard InChI is InChI=1S/C19H21N3O2/c1-12(2)8-14-4-5-15(9-13(14)3)19-21-18(22-24-19)16-6-7-17(11-23)20-10-16/h4-7,9-10,12,23H,8,11H2,1-3H3. The van der Waals surface area contributed by atoms with Gasteiger partial charge in [-0.25, -0.2) is 0 Å². The first-order chi connectivity index (χ1) is 11.6. The number of aliphatic hydroxyl groups is 1. The molecule has 0 aliphatic rings. The van der Waals surface area contributed by atoms with Crippen LogP contribution in [0.2, 0.25) is 0 Å². The van der Waals surface area contributed by atoms with E-state index in [2.05, 4.69) is 48.0 Å². The zero-order valence-electron chi connectivity index (χ0n) is 14.2. The van der Waals surface area contributed by atoms with Crippen LogP contribution in [0.5, 0.6) is 0 Å². The summed E-state index contributed by atoms with van der Waals surface area (Å²) >= 11 is 0. The third-order valence-corrected chi connectivity index (χ3v) is 3.89. The summed E-state index contributed by atoms with van der Waals surface area (Å²) in [5.74, 6) is 1.61. The number of aliphatic hydroxyl groups excluding tert-OH is 1. The molecule has 1 aromatic carbocycles. The zero-order valence-corrected chi connectivity index (χ0v) is 14.2. The quantitative estimate of drug-likeness (QED) is 0.773. The second-order valence-electron chi connectivity index (χ2n) is 6.36. The van der Waals surface area contributed by atoms with Gasteiger partial charge in [0.05, 0.1) is 12.3 Å². The first-order valence-electron chi connectivity index (χ1n) is 8.06. The SMILES string of the molecule is Cc1cc(-c2nc(-c3ccc(CO)nc3)no2)ccc1CC(C)C. The lowest BCUT2D eigenvalue weighted by Crippen LogP contribution is -1.97. The summed E-state index contributed by atoms with van der Waals surface area (Å²) in [6.07, 6.45) is 2.70. The maximum atomic E-state index is 9.04. The third-order valence-electron chi connectivity index (χ3n) is 3.89. The number of nitrogens with zero attached hydrogens (tertiary/aromatic N) is 3. The first-order valence-corrected chi connectivity index (χ1v) is 8.06. The Hall–Kier alpha value is -2.53. The predicted molar refractivity (Wildman–Crippen MR) is 92.2 cm³/mol. The fourth-order valence-electron chi connectivity index (χ4n) is 2.61. The van der Waals surface area contributed by atoms with Gasteiger partial charge in [-0.2, -0.15) is 4.98 Å². The zero-order chi connectivity index (χ0) is 17.1. The van der Waals surface area contributed by atoms with E-state index in [9.17, 15) is 0 Å². The maximum Gasteiger partial charge on any atom is 0.258 e. The Kier molecular flexibility index (Phi) is 4.71. The van der Waals surface area contributed by atoms with E-state index >= 15 is 0 Å². The highest BCUT2D eigenvalue weighted by molar-refractivity contribution is 5.60. The van der Waals surface area contributed by atoms with Crippen molar-refractivity contribution >= 4 is 0 Å². The van der Waals surface area contributed by atoms with Gasteiger partial charge in [0.25, 0.3) is 5.89 Å². The number of benzene rings is 1. The first kappa shape index (κ1) is 16.3. The molecule has 24 heavy (non-hydrogen) atoms. The number of pyridine rings is 1. The summed E-state index contributed by atoms with van der Waals surface area (Å²) in [7, 11) is 0. The van der Waals surface area contributed by atoms with Gasteiger partial charge in [0.2, 0.25) is 5.82 Å². The van der Waals surface area contributed by atoms with E-state index in [4.69, 9.17) is 9.63 Å². The lowest BCUT2D eigenvalue weighted by Gasteiger charge is -2.09. The molecule has 124 valence electrons.